The number of H-pyrrole nitrogens is 1. The molecule has 2 aromatic carbocycles. The minimum Gasteiger partial charge on any atom is -0.481 e. The number of amides is 1. The summed E-state index contributed by atoms with van der Waals surface area (Å²) >= 11 is 0. The van der Waals surface area contributed by atoms with Gasteiger partial charge in [0.15, 0.2) is 0 Å². The van der Waals surface area contributed by atoms with Crippen LogP contribution in [0.25, 0.3) is 10.9 Å². The van der Waals surface area contributed by atoms with Gasteiger partial charge in [-0.1, -0.05) is 44.9 Å². The molecule has 4 nitrogen and oxygen atoms in total. The second kappa shape index (κ2) is 7.59. The molecule has 0 atom stereocenters. The Hall–Kier alpha value is -3.19. The van der Waals surface area contributed by atoms with Crippen molar-refractivity contribution in [2.24, 2.45) is 0 Å². The molecular weight excluding hydrogens is 336 g/mol. The molecule has 27 heavy (non-hydrogen) atoms. The lowest BCUT2D eigenvalue weighted by molar-refractivity contribution is 0.0947. The molecule has 0 bridgehead atoms. The van der Waals surface area contributed by atoms with Crippen LogP contribution in [-0.2, 0) is 12.0 Å². The normalized spacial score (nSPS) is 11.2. The third kappa shape index (κ3) is 4.51. The topological polar surface area (TPSA) is 54.1 Å². The number of carbonyl (C=O) groups is 1. The van der Waals surface area contributed by atoms with Crippen molar-refractivity contribution in [3.05, 3.63) is 65.4 Å². The molecule has 4 heteroatoms. The fourth-order valence-electron chi connectivity index (χ4n) is 2.83. The Balaban J connectivity index is 1.66. The molecule has 3 aromatic rings. The van der Waals surface area contributed by atoms with E-state index < -0.39 is 0 Å². The Bertz CT molecular complexity index is 986. The Labute approximate surface area is 159 Å². The minimum atomic E-state index is -0.129. The van der Waals surface area contributed by atoms with E-state index in [1.165, 1.54) is 5.56 Å². The summed E-state index contributed by atoms with van der Waals surface area (Å²) in [5.41, 5.74) is 3.83. The summed E-state index contributed by atoms with van der Waals surface area (Å²) < 4.78 is 5.34. The maximum atomic E-state index is 12.5. The SMILES string of the molecule is C#CCOc1ccc(CNC(=O)c2cc3cc(C(C)(C)C)ccc3[nH]2)cc1. The number of rotatable bonds is 5. The van der Waals surface area contributed by atoms with Crippen LogP contribution in [-0.4, -0.2) is 17.5 Å². The molecule has 0 aliphatic heterocycles. The van der Waals surface area contributed by atoms with Gasteiger partial charge in [0, 0.05) is 17.4 Å². The molecule has 0 aliphatic rings. The highest BCUT2D eigenvalue weighted by Crippen LogP contribution is 2.26. The smallest absolute Gasteiger partial charge is 0.267 e. The summed E-state index contributed by atoms with van der Waals surface area (Å²) in [6.07, 6.45) is 5.17. The van der Waals surface area contributed by atoms with E-state index in [1.54, 1.807) is 0 Å². The van der Waals surface area contributed by atoms with Crippen LogP contribution in [0.15, 0.2) is 48.5 Å². The van der Waals surface area contributed by atoms with E-state index in [0.717, 1.165) is 16.5 Å². The van der Waals surface area contributed by atoms with Gasteiger partial charge in [-0.05, 0) is 46.9 Å². The number of terminal acetylenes is 1. The van der Waals surface area contributed by atoms with Crippen molar-refractivity contribution in [2.45, 2.75) is 32.7 Å². The van der Waals surface area contributed by atoms with Gasteiger partial charge < -0.3 is 15.0 Å². The van der Waals surface area contributed by atoms with Crippen molar-refractivity contribution in [3.63, 3.8) is 0 Å². The highest BCUT2D eigenvalue weighted by Gasteiger charge is 2.15. The second-order valence-corrected chi connectivity index (χ2v) is 7.55. The number of hydrogen-bond donors (Lipinski definition) is 2. The van der Waals surface area contributed by atoms with Gasteiger partial charge in [0.1, 0.15) is 18.1 Å². The fourth-order valence-corrected chi connectivity index (χ4v) is 2.83. The number of aromatic amines is 1. The molecule has 1 amide bonds. The number of carbonyl (C=O) groups excluding carboxylic acids is 1. The molecule has 2 N–H and O–H groups in total. The third-order valence-electron chi connectivity index (χ3n) is 4.43. The van der Waals surface area contributed by atoms with Gasteiger partial charge in [0.05, 0.1) is 0 Å². The van der Waals surface area contributed by atoms with Crippen molar-refractivity contribution in [1.29, 1.82) is 0 Å². The summed E-state index contributed by atoms with van der Waals surface area (Å²) in [5, 5.41) is 3.98. The van der Waals surface area contributed by atoms with Crippen LogP contribution in [0.3, 0.4) is 0 Å². The van der Waals surface area contributed by atoms with Crippen molar-refractivity contribution in [1.82, 2.24) is 10.3 Å². The number of nitrogens with one attached hydrogen (secondary N) is 2. The van der Waals surface area contributed by atoms with Crippen molar-refractivity contribution in [2.75, 3.05) is 6.61 Å². The highest BCUT2D eigenvalue weighted by atomic mass is 16.5. The molecule has 0 saturated heterocycles. The molecule has 1 aromatic heterocycles. The number of aromatic nitrogens is 1. The van der Waals surface area contributed by atoms with Gasteiger partial charge in [-0.15, -0.1) is 6.42 Å². The van der Waals surface area contributed by atoms with E-state index in [2.05, 4.69) is 49.1 Å². The summed E-state index contributed by atoms with van der Waals surface area (Å²) in [6.45, 7) is 7.22. The van der Waals surface area contributed by atoms with Crippen LogP contribution in [0, 0.1) is 12.3 Å². The second-order valence-electron chi connectivity index (χ2n) is 7.55. The van der Waals surface area contributed by atoms with Gasteiger partial charge in [-0.2, -0.15) is 0 Å². The minimum absolute atomic E-state index is 0.0734. The predicted octanol–water partition coefficient (Wildman–Crippen LogP) is 4.41. The number of fused-ring (bicyclic) bond motifs is 1. The van der Waals surface area contributed by atoms with Crippen molar-refractivity contribution in [3.8, 4) is 18.1 Å². The predicted molar refractivity (Wildman–Crippen MR) is 109 cm³/mol. The maximum absolute atomic E-state index is 12.5. The quantitative estimate of drug-likeness (QED) is 0.662. The molecule has 138 valence electrons. The monoisotopic (exact) mass is 360 g/mol. The van der Waals surface area contributed by atoms with E-state index in [9.17, 15) is 4.79 Å². The summed E-state index contributed by atoms with van der Waals surface area (Å²) in [4.78, 5) is 15.7. The molecule has 3 rings (SSSR count). The zero-order chi connectivity index (χ0) is 19.4. The fraction of sp³-hybridized carbons (Fsp3) is 0.261. The number of benzene rings is 2. The Morgan fingerprint density at radius 1 is 1.15 bits per heavy atom. The molecule has 0 aliphatic carbocycles. The first kappa shape index (κ1) is 18.6. The lowest BCUT2D eigenvalue weighted by atomic mass is 9.86. The Morgan fingerprint density at radius 3 is 2.56 bits per heavy atom. The van der Waals surface area contributed by atoms with E-state index in [-0.39, 0.29) is 17.9 Å². The third-order valence-corrected chi connectivity index (χ3v) is 4.43. The summed E-state index contributed by atoms with van der Waals surface area (Å²) in [7, 11) is 0. The first-order valence-corrected chi connectivity index (χ1v) is 8.93. The zero-order valence-electron chi connectivity index (χ0n) is 15.9. The molecule has 0 saturated carbocycles. The molecule has 0 fully saturated rings. The first-order valence-electron chi connectivity index (χ1n) is 8.93. The average Bonchev–Trinajstić information content (AvgIpc) is 3.08. The molecule has 0 radical (unpaired) electrons. The molecular formula is C23H24N2O2. The van der Waals surface area contributed by atoms with Crippen LogP contribution in [0.2, 0.25) is 0 Å². The van der Waals surface area contributed by atoms with Gasteiger partial charge in [-0.3, -0.25) is 4.79 Å². The highest BCUT2D eigenvalue weighted by molar-refractivity contribution is 5.98. The largest absolute Gasteiger partial charge is 0.481 e. The zero-order valence-corrected chi connectivity index (χ0v) is 15.9. The first-order chi connectivity index (χ1) is 12.9. The number of hydrogen-bond acceptors (Lipinski definition) is 2. The van der Waals surface area contributed by atoms with Crippen LogP contribution < -0.4 is 10.1 Å². The van der Waals surface area contributed by atoms with Crippen LogP contribution in [0.4, 0.5) is 0 Å². The summed E-state index contributed by atoms with van der Waals surface area (Å²) in [6, 6.07) is 15.7. The molecule has 0 unspecified atom stereocenters. The average molecular weight is 360 g/mol. The van der Waals surface area contributed by atoms with Crippen molar-refractivity contribution < 1.29 is 9.53 Å². The standard InChI is InChI=1S/C23H24N2O2/c1-5-12-27-19-9-6-16(7-10-19)15-24-22(26)21-14-17-13-18(23(2,3)4)8-11-20(17)25-21/h1,6-11,13-14,25H,12,15H2,2-4H3,(H,24,26). The summed E-state index contributed by atoms with van der Waals surface area (Å²) in [5.74, 6) is 3.02. The van der Waals surface area contributed by atoms with Gasteiger partial charge in [-0.25, -0.2) is 0 Å². The van der Waals surface area contributed by atoms with Crippen LogP contribution in [0.1, 0.15) is 42.4 Å². The van der Waals surface area contributed by atoms with E-state index in [4.69, 9.17) is 11.2 Å². The number of ether oxygens (including phenoxy) is 1. The lowest BCUT2D eigenvalue weighted by Crippen LogP contribution is -2.23. The van der Waals surface area contributed by atoms with Gasteiger partial charge in [0.2, 0.25) is 0 Å². The van der Waals surface area contributed by atoms with Crippen LogP contribution in [0.5, 0.6) is 5.75 Å². The Kier molecular flexibility index (Phi) is 5.23. The van der Waals surface area contributed by atoms with Crippen molar-refractivity contribution >= 4 is 16.8 Å². The van der Waals surface area contributed by atoms with E-state index >= 15 is 0 Å². The lowest BCUT2D eigenvalue weighted by Gasteiger charge is -2.18. The molecule has 1 heterocycles. The molecule has 0 spiro atoms. The Morgan fingerprint density at radius 2 is 1.89 bits per heavy atom. The van der Waals surface area contributed by atoms with Crippen LogP contribution >= 0.6 is 0 Å². The van der Waals surface area contributed by atoms with Gasteiger partial charge in [0.25, 0.3) is 5.91 Å². The van der Waals surface area contributed by atoms with E-state index in [0.29, 0.717) is 18.0 Å². The maximum Gasteiger partial charge on any atom is 0.267 e. The van der Waals surface area contributed by atoms with E-state index in [1.807, 2.05) is 36.4 Å². The van der Waals surface area contributed by atoms with Gasteiger partial charge >= 0.3 is 0 Å².